The number of hydrogen-bond acceptors (Lipinski definition) is 4. The van der Waals surface area contributed by atoms with Crippen LogP contribution in [-0.4, -0.2) is 37.6 Å². The minimum atomic E-state index is -0.0978. The second-order valence-electron chi connectivity index (χ2n) is 3.90. The maximum Gasteiger partial charge on any atom is 0.236 e. The zero-order valence-electron chi connectivity index (χ0n) is 9.81. The number of para-hydroxylation sites is 1. The first kappa shape index (κ1) is 11.7. The molecule has 2 rings (SSSR count). The Bertz CT molecular complexity index is 420. The van der Waals surface area contributed by atoms with E-state index in [1.807, 2.05) is 18.2 Å². The number of hydrogen-bond donors (Lipinski definition) is 1. The fraction of sp³-hybridized carbons (Fsp3) is 0.417. The number of benzene rings is 1. The third-order valence-electron chi connectivity index (χ3n) is 2.66. The van der Waals surface area contributed by atoms with Gasteiger partial charge in [-0.25, -0.2) is 0 Å². The van der Waals surface area contributed by atoms with Gasteiger partial charge in [-0.15, -0.1) is 0 Å². The molecule has 0 bridgehead atoms. The van der Waals surface area contributed by atoms with E-state index in [0.29, 0.717) is 19.8 Å². The number of nitrogens with two attached hydrogens (primary N) is 1. The van der Waals surface area contributed by atoms with Crippen LogP contribution in [0.25, 0.3) is 0 Å². The minimum absolute atomic E-state index is 0.0167. The molecule has 0 radical (unpaired) electrons. The van der Waals surface area contributed by atoms with E-state index in [0.717, 1.165) is 17.1 Å². The number of carbonyl (C=O) groups excluding carboxylic acids is 1. The van der Waals surface area contributed by atoms with E-state index in [1.165, 1.54) is 0 Å². The molecule has 1 aliphatic rings. The monoisotopic (exact) mass is 236 g/mol. The highest BCUT2D eigenvalue weighted by Crippen LogP contribution is 2.34. The molecule has 0 atom stereocenters. The molecule has 0 spiro atoms. The smallest absolute Gasteiger partial charge is 0.236 e. The van der Waals surface area contributed by atoms with Crippen LogP contribution in [-0.2, 0) is 11.3 Å². The van der Waals surface area contributed by atoms with Crippen LogP contribution in [0.15, 0.2) is 18.2 Å². The maximum atomic E-state index is 11.4. The molecule has 92 valence electrons. The average molecular weight is 236 g/mol. The van der Waals surface area contributed by atoms with Crippen molar-refractivity contribution in [2.45, 2.75) is 6.54 Å². The van der Waals surface area contributed by atoms with Gasteiger partial charge >= 0.3 is 0 Å². The van der Waals surface area contributed by atoms with Gasteiger partial charge in [0.2, 0.25) is 5.91 Å². The average Bonchev–Trinajstić information content (AvgIpc) is 2.38. The van der Waals surface area contributed by atoms with E-state index in [9.17, 15) is 4.79 Å². The zero-order valence-corrected chi connectivity index (χ0v) is 9.81. The summed E-state index contributed by atoms with van der Waals surface area (Å²) in [4.78, 5) is 13.0. The van der Waals surface area contributed by atoms with Crippen molar-refractivity contribution >= 4 is 5.91 Å². The Hall–Kier alpha value is -1.75. The molecule has 1 amide bonds. The number of fused-ring (bicyclic) bond motifs is 1. The second-order valence-corrected chi connectivity index (χ2v) is 3.90. The van der Waals surface area contributed by atoms with E-state index in [4.69, 9.17) is 15.2 Å². The third kappa shape index (κ3) is 2.50. The lowest BCUT2D eigenvalue weighted by atomic mass is 10.1. The van der Waals surface area contributed by atoms with Gasteiger partial charge in [-0.3, -0.25) is 4.79 Å². The Kier molecular flexibility index (Phi) is 3.49. The standard InChI is InChI=1S/C12H16N2O3/c1-14(11(15)7-13)8-9-3-2-4-10-12(9)17-6-5-16-10/h2-4H,5-8,13H2,1H3. The molecule has 5 heteroatoms. The number of nitrogens with zero attached hydrogens (tertiary/aromatic N) is 1. The summed E-state index contributed by atoms with van der Waals surface area (Å²) in [6.07, 6.45) is 0. The van der Waals surface area contributed by atoms with E-state index >= 15 is 0 Å². The number of amides is 1. The molecule has 1 heterocycles. The van der Waals surface area contributed by atoms with Gasteiger partial charge < -0.3 is 20.1 Å². The number of ether oxygens (including phenoxy) is 2. The Morgan fingerprint density at radius 2 is 2.18 bits per heavy atom. The Morgan fingerprint density at radius 3 is 2.94 bits per heavy atom. The summed E-state index contributed by atoms with van der Waals surface area (Å²) >= 11 is 0. The Labute approximate surface area is 100 Å². The van der Waals surface area contributed by atoms with Crippen LogP contribution in [0.4, 0.5) is 0 Å². The van der Waals surface area contributed by atoms with Gasteiger partial charge in [0, 0.05) is 19.2 Å². The predicted molar refractivity (Wildman–Crippen MR) is 63.0 cm³/mol. The van der Waals surface area contributed by atoms with Crippen LogP contribution in [0.5, 0.6) is 11.5 Å². The van der Waals surface area contributed by atoms with Crippen molar-refractivity contribution in [3.8, 4) is 11.5 Å². The second kappa shape index (κ2) is 5.05. The first-order chi connectivity index (χ1) is 8.22. The first-order valence-electron chi connectivity index (χ1n) is 5.54. The van der Waals surface area contributed by atoms with Crippen LogP contribution in [0.3, 0.4) is 0 Å². The van der Waals surface area contributed by atoms with E-state index < -0.39 is 0 Å². The minimum Gasteiger partial charge on any atom is -0.486 e. The van der Waals surface area contributed by atoms with Crippen LogP contribution in [0.2, 0.25) is 0 Å². The van der Waals surface area contributed by atoms with Crippen molar-refractivity contribution in [3.63, 3.8) is 0 Å². The SMILES string of the molecule is CN(Cc1cccc2c1OCCO2)C(=O)CN. The van der Waals surface area contributed by atoms with Crippen molar-refractivity contribution in [1.82, 2.24) is 4.90 Å². The molecule has 0 fully saturated rings. The largest absolute Gasteiger partial charge is 0.486 e. The quantitative estimate of drug-likeness (QED) is 0.823. The molecule has 1 aromatic carbocycles. The summed E-state index contributed by atoms with van der Waals surface area (Å²) in [6, 6.07) is 5.68. The highest BCUT2D eigenvalue weighted by molar-refractivity contribution is 5.77. The predicted octanol–water partition coefficient (Wildman–Crippen LogP) is 0.375. The maximum absolute atomic E-state index is 11.4. The summed E-state index contributed by atoms with van der Waals surface area (Å²) in [6.45, 7) is 1.60. The van der Waals surface area contributed by atoms with E-state index in [1.54, 1.807) is 11.9 Å². The molecule has 1 aliphatic heterocycles. The molecule has 1 aromatic rings. The van der Waals surface area contributed by atoms with Crippen molar-refractivity contribution in [1.29, 1.82) is 0 Å². The van der Waals surface area contributed by atoms with E-state index in [2.05, 4.69) is 0 Å². The van der Waals surface area contributed by atoms with Crippen LogP contribution < -0.4 is 15.2 Å². The van der Waals surface area contributed by atoms with Crippen molar-refractivity contribution in [2.75, 3.05) is 26.8 Å². The van der Waals surface area contributed by atoms with Gasteiger partial charge in [0.1, 0.15) is 13.2 Å². The molecule has 0 aliphatic carbocycles. The number of rotatable bonds is 3. The lowest BCUT2D eigenvalue weighted by Gasteiger charge is -2.23. The topological polar surface area (TPSA) is 64.8 Å². The summed E-state index contributed by atoms with van der Waals surface area (Å²) in [7, 11) is 1.72. The Morgan fingerprint density at radius 1 is 1.41 bits per heavy atom. The van der Waals surface area contributed by atoms with E-state index in [-0.39, 0.29) is 12.5 Å². The van der Waals surface area contributed by atoms with Crippen LogP contribution in [0, 0.1) is 0 Å². The highest BCUT2D eigenvalue weighted by atomic mass is 16.6. The normalized spacial score (nSPS) is 13.3. The fourth-order valence-corrected chi connectivity index (χ4v) is 1.76. The van der Waals surface area contributed by atoms with Crippen molar-refractivity contribution in [3.05, 3.63) is 23.8 Å². The molecular formula is C12H16N2O3. The van der Waals surface area contributed by atoms with Crippen molar-refractivity contribution < 1.29 is 14.3 Å². The van der Waals surface area contributed by atoms with Gasteiger partial charge in [0.05, 0.1) is 6.54 Å². The molecule has 0 saturated carbocycles. The van der Waals surface area contributed by atoms with Gasteiger partial charge in [0.15, 0.2) is 11.5 Å². The molecule has 17 heavy (non-hydrogen) atoms. The van der Waals surface area contributed by atoms with Crippen LogP contribution in [0.1, 0.15) is 5.56 Å². The first-order valence-corrected chi connectivity index (χ1v) is 5.54. The zero-order chi connectivity index (χ0) is 12.3. The number of likely N-dealkylation sites (N-methyl/N-ethyl adjacent to an activating group) is 1. The molecule has 0 unspecified atom stereocenters. The molecule has 5 nitrogen and oxygen atoms in total. The van der Waals surface area contributed by atoms with Crippen molar-refractivity contribution in [2.24, 2.45) is 5.73 Å². The summed E-state index contributed by atoms with van der Waals surface area (Å²) in [5.41, 5.74) is 6.25. The summed E-state index contributed by atoms with van der Waals surface area (Å²) in [5.74, 6) is 1.37. The summed E-state index contributed by atoms with van der Waals surface area (Å²) in [5, 5.41) is 0. The molecule has 0 saturated heterocycles. The highest BCUT2D eigenvalue weighted by Gasteiger charge is 2.17. The number of carbonyl (C=O) groups is 1. The lowest BCUT2D eigenvalue weighted by molar-refractivity contribution is -0.128. The van der Waals surface area contributed by atoms with Gasteiger partial charge in [0.25, 0.3) is 0 Å². The lowest BCUT2D eigenvalue weighted by Crippen LogP contribution is -2.32. The molecule has 0 aromatic heterocycles. The molecule has 2 N–H and O–H groups in total. The summed E-state index contributed by atoms with van der Waals surface area (Å²) < 4.78 is 11.1. The van der Waals surface area contributed by atoms with Gasteiger partial charge in [-0.2, -0.15) is 0 Å². The van der Waals surface area contributed by atoms with Crippen LogP contribution >= 0.6 is 0 Å². The third-order valence-corrected chi connectivity index (χ3v) is 2.66. The fourth-order valence-electron chi connectivity index (χ4n) is 1.76. The Balaban J connectivity index is 2.18. The molecular weight excluding hydrogens is 220 g/mol. The van der Waals surface area contributed by atoms with Gasteiger partial charge in [-0.1, -0.05) is 12.1 Å². The van der Waals surface area contributed by atoms with Gasteiger partial charge in [-0.05, 0) is 6.07 Å².